The molecule has 16 heavy (non-hydrogen) atoms. The molecule has 92 valence electrons. The molecule has 0 aliphatic carbocycles. The highest BCUT2D eigenvalue weighted by molar-refractivity contribution is 5.91. The summed E-state index contributed by atoms with van der Waals surface area (Å²) in [6.45, 7) is 3.97. The van der Waals surface area contributed by atoms with Crippen LogP contribution < -0.4 is 5.73 Å². The van der Waals surface area contributed by atoms with Gasteiger partial charge in [-0.3, -0.25) is 9.59 Å². The third-order valence-electron chi connectivity index (χ3n) is 2.79. The van der Waals surface area contributed by atoms with E-state index in [1.165, 1.54) is 4.90 Å². The van der Waals surface area contributed by atoms with Gasteiger partial charge in [0.2, 0.25) is 11.8 Å². The van der Waals surface area contributed by atoms with Gasteiger partial charge in [0.05, 0.1) is 5.54 Å². The topological polar surface area (TPSA) is 66.6 Å². The molecule has 1 aliphatic heterocycles. The van der Waals surface area contributed by atoms with Crippen molar-refractivity contribution in [3.05, 3.63) is 0 Å². The molecule has 0 saturated carbocycles. The van der Waals surface area contributed by atoms with Gasteiger partial charge in [-0.1, -0.05) is 0 Å². The normalized spacial score (nSPS) is 21.1. The van der Waals surface area contributed by atoms with E-state index in [-0.39, 0.29) is 17.9 Å². The molecule has 0 aromatic carbocycles. The van der Waals surface area contributed by atoms with Crippen LogP contribution in [0.25, 0.3) is 0 Å². The molecule has 5 nitrogen and oxygen atoms in total. The van der Waals surface area contributed by atoms with E-state index in [1.807, 2.05) is 0 Å². The van der Waals surface area contributed by atoms with E-state index >= 15 is 0 Å². The molecule has 2 N–H and O–H groups in total. The number of hydrogen-bond donors (Lipinski definition) is 1. The fourth-order valence-electron chi connectivity index (χ4n) is 1.93. The average Bonchev–Trinajstić information content (AvgIpc) is 2.61. The highest BCUT2D eigenvalue weighted by atomic mass is 16.2. The van der Waals surface area contributed by atoms with Crippen molar-refractivity contribution in [2.75, 3.05) is 20.6 Å². The van der Waals surface area contributed by atoms with Crippen molar-refractivity contribution < 1.29 is 9.59 Å². The van der Waals surface area contributed by atoms with Crippen LogP contribution in [0.5, 0.6) is 0 Å². The van der Waals surface area contributed by atoms with Gasteiger partial charge < -0.3 is 15.5 Å². The van der Waals surface area contributed by atoms with Crippen molar-refractivity contribution in [3.8, 4) is 0 Å². The minimum Gasteiger partial charge on any atom is -0.347 e. The Hall–Kier alpha value is -1.10. The Bertz CT molecular complexity index is 294. The van der Waals surface area contributed by atoms with Crippen LogP contribution in [-0.4, -0.2) is 53.8 Å². The summed E-state index contributed by atoms with van der Waals surface area (Å²) >= 11 is 0. The summed E-state index contributed by atoms with van der Waals surface area (Å²) < 4.78 is 0. The molecule has 1 atom stereocenters. The SMILES string of the molecule is CN(C)C(=O)C1CCCN1C(=O)C(C)(C)N. The van der Waals surface area contributed by atoms with Crippen LogP contribution >= 0.6 is 0 Å². The Kier molecular flexibility index (Phi) is 3.57. The second-order valence-electron chi connectivity index (χ2n) is 5.11. The molecule has 1 unspecified atom stereocenters. The van der Waals surface area contributed by atoms with Crippen LogP contribution in [0.2, 0.25) is 0 Å². The summed E-state index contributed by atoms with van der Waals surface area (Å²) in [5, 5.41) is 0. The summed E-state index contributed by atoms with van der Waals surface area (Å²) in [4.78, 5) is 27.1. The van der Waals surface area contributed by atoms with Crippen LogP contribution in [0.3, 0.4) is 0 Å². The molecule has 0 aromatic rings. The second-order valence-corrected chi connectivity index (χ2v) is 5.11. The highest BCUT2D eigenvalue weighted by Gasteiger charge is 2.39. The quantitative estimate of drug-likeness (QED) is 0.710. The van der Waals surface area contributed by atoms with Gasteiger partial charge in [0.15, 0.2) is 0 Å². The molecule has 0 radical (unpaired) electrons. The first-order valence-corrected chi connectivity index (χ1v) is 5.56. The maximum atomic E-state index is 12.0. The standard InChI is InChI=1S/C11H21N3O2/c1-11(2,12)10(16)14-7-5-6-8(14)9(15)13(3)4/h8H,5-7,12H2,1-4H3. The summed E-state index contributed by atoms with van der Waals surface area (Å²) in [7, 11) is 3.41. The van der Waals surface area contributed by atoms with Crippen LogP contribution in [0.15, 0.2) is 0 Å². The average molecular weight is 227 g/mol. The van der Waals surface area contributed by atoms with Crippen molar-refractivity contribution >= 4 is 11.8 Å². The Balaban J connectivity index is 2.81. The number of likely N-dealkylation sites (N-methyl/N-ethyl adjacent to an activating group) is 1. The molecule has 0 bridgehead atoms. The van der Waals surface area contributed by atoms with Crippen molar-refractivity contribution in [1.82, 2.24) is 9.80 Å². The first kappa shape index (κ1) is 13.0. The molecule has 1 saturated heterocycles. The van der Waals surface area contributed by atoms with Crippen LogP contribution in [0.4, 0.5) is 0 Å². The predicted octanol–water partition coefficient (Wildman–Crippen LogP) is -0.197. The lowest BCUT2D eigenvalue weighted by Crippen LogP contribution is -2.55. The fourth-order valence-corrected chi connectivity index (χ4v) is 1.93. The maximum absolute atomic E-state index is 12.0. The molecule has 1 fully saturated rings. The summed E-state index contributed by atoms with van der Waals surface area (Å²) in [6, 6.07) is -0.328. The van der Waals surface area contributed by atoms with Crippen LogP contribution in [-0.2, 0) is 9.59 Å². The molecule has 0 aromatic heterocycles. The van der Waals surface area contributed by atoms with E-state index in [2.05, 4.69) is 0 Å². The smallest absolute Gasteiger partial charge is 0.244 e. The van der Waals surface area contributed by atoms with Gasteiger partial charge >= 0.3 is 0 Å². The van der Waals surface area contributed by atoms with Gasteiger partial charge in [0, 0.05) is 20.6 Å². The first-order chi connectivity index (χ1) is 7.25. The molecular weight excluding hydrogens is 206 g/mol. The van der Waals surface area contributed by atoms with E-state index in [0.717, 1.165) is 12.8 Å². The zero-order valence-corrected chi connectivity index (χ0v) is 10.5. The number of likely N-dealkylation sites (tertiary alicyclic amines) is 1. The number of carbonyl (C=O) groups is 2. The van der Waals surface area contributed by atoms with E-state index < -0.39 is 5.54 Å². The van der Waals surface area contributed by atoms with Crippen LogP contribution in [0, 0.1) is 0 Å². The van der Waals surface area contributed by atoms with Gasteiger partial charge in [0.25, 0.3) is 0 Å². The third-order valence-corrected chi connectivity index (χ3v) is 2.79. The van der Waals surface area contributed by atoms with Crippen molar-refractivity contribution in [3.63, 3.8) is 0 Å². The van der Waals surface area contributed by atoms with Crippen LogP contribution in [0.1, 0.15) is 26.7 Å². The lowest BCUT2D eigenvalue weighted by Gasteiger charge is -2.31. The number of amides is 2. The molecule has 1 heterocycles. The van der Waals surface area contributed by atoms with Gasteiger partial charge in [-0.05, 0) is 26.7 Å². The van der Waals surface area contributed by atoms with E-state index in [9.17, 15) is 9.59 Å². The van der Waals surface area contributed by atoms with E-state index in [1.54, 1.807) is 32.8 Å². The number of rotatable bonds is 2. The van der Waals surface area contributed by atoms with E-state index in [4.69, 9.17) is 5.73 Å². The highest BCUT2D eigenvalue weighted by Crippen LogP contribution is 2.21. The summed E-state index contributed by atoms with van der Waals surface area (Å²) in [5.74, 6) is -0.166. The molecule has 5 heteroatoms. The zero-order valence-electron chi connectivity index (χ0n) is 10.5. The van der Waals surface area contributed by atoms with Crippen molar-refractivity contribution in [1.29, 1.82) is 0 Å². The summed E-state index contributed by atoms with van der Waals surface area (Å²) in [5.41, 5.74) is 4.87. The number of hydrogen-bond acceptors (Lipinski definition) is 3. The number of nitrogens with two attached hydrogens (primary N) is 1. The second kappa shape index (κ2) is 4.41. The molecule has 2 amide bonds. The molecule has 0 spiro atoms. The monoisotopic (exact) mass is 227 g/mol. The third kappa shape index (κ3) is 2.52. The fraction of sp³-hybridized carbons (Fsp3) is 0.818. The molecule has 1 rings (SSSR count). The first-order valence-electron chi connectivity index (χ1n) is 5.56. The molecular formula is C11H21N3O2. The minimum absolute atomic E-state index is 0.0184. The Morgan fingerprint density at radius 2 is 1.94 bits per heavy atom. The van der Waals surface area contributed by atoms with Gasteiger partial charge in [-0.2, -0.15) is 0 Å². The maximum Gasteiger partial charge on any atom is 0.244 e. The van der Waals surface area contributed by atoms with Gasteiger partial charge in [-0.15, -0.1) is 0 Å². The summed E-state index contributed by atoms with van der Waals surface area (Å²) in [6.07, 6.45) is 1.60. The predicted molar refractivity (Wildman–Crippen MR) is 61.7 cm³/mol. The van der Waals surface area contributed by atoms with Crippen molar-refractivity contribution in [2.24, 2.45) is 5.73 Å². The Morgan fingerprint density at radius 3 is 2.38 bits per heavy atom. The van der Waals surface area contributed by atoms with E-state index in [0.29, 0.717) is 6.54 Å². The molecule has 1 aliphatic rings. The zero-order chi connectivity index (χ0) is 12.5. The van der Waals surface area contributed by atoms with Crippen molar-refractivity contribution in [2.45, 2.75) is 38.3 Å². The lowest BCUT2D eigenvalue weighted by molar-refractivity contribution is -0.144. The number of carbonyl (C=O) groups excluding carboxylic acids is 2. The Labute approximate surface area is 96.6 Å². The number of nitrogens with zero attached hydrogens (tertiary/aromatic N) is 2. The lowest BCUT2D eigenvalue weighted by atomic mass is 10.0. The Morgan fingerprint density at radius 1 is 1.38 bits per heavy atom. The van der Waals surface area contributed by atoms with Gasteiger partial charge in [-0.25, -0.2) is 0 Å². The van der Waals surface area contributed by atoms with Gasteiger partial charge in [0.1, 0.15) is 6.04 Å². The minimum atomic E-state index is -0.908. The largest absolute Gasteiger partial charge is 0.347 e.